The van der Waals surface area contributed by atoms with E-state index in [1.54, 1.807) is 12.1 Å². The molecule has 0 heterocycles. The number of carbonyl (C=O) groups is 1. The van der Waals surface area contributed by atoms with Gasteiger partial charge in [0.1, 0.15) is 0 Å². The van der Waals surface area contributed by atoms with Crippen LogP contribution in [0.25, 0.3) is 0 Å². The summed E-state index contributed by atoms with van der Waals surface area (Å²) >= 11 is 5.88. The number of halogens is 1. The van der Waals surface area contributed by atoms with Gasteiger partial charge in [-0.25, -0.2) is 4.79 Å². The Kier molecular flexibility index (Phi) is 3.51. The Balaban J connectivity index is 2.90. The topological polar surface area (TPSA) is 93.5 Å². The van der Waals surface area contributed by atoms with Gasteiger partial charge in [-0.3, -0.25) is 0 Å². The van der Waals surface area contributed by atoms with E-state index in [9.17, 15) is 4.79 Å². The first-order valence-electron chi connectivity index (χ1n) is 4.16. The van der Waals surface area contributed by atoms with Crippen molar-refractivity contribution in [1.82, 2.24) is 0 Å². The summed E-state index contributed by atoms with van der Waals surface area (Å²) in [5.74, 6) is -0.294. The van der Waals surface area contributed by atoms with Crippen LogP contribution >= 0.6 is 11.6 Å². The van der Waals surface area contributed by atoms with Crippen molar-refractivity contribution >= 4 is 29.3 Å². The maximum atomic E-state index is 11.2. The van der Waals surface area contributed by atoms with E-state index in [4.69, 9.17) is 23.1 Å². The van der Waals surface area contributed by atoms with Crippen molar-refractivity contribution in [2.24, 2.45) is 16.5 Å². The van der Waals surface area contributed by atoms with E-state index in [0.29, 0.717) is 10.7 Å². The van der Waals surface area contributed by atoms with Crippen molar-refractivity contribution in [3.8, 4) is 0 Å². The number of carbonyl (C=O) groups excluding carboxylic acids is 1. The molecule has 0 saturated carbocycles. The van der Waals surface area contributed by atoms with Crippen LogP contribution in [-0.4, -0.2) is 12.0 Å². The third-order valence-electron chi connectivity index (χ3n) is 1.68. The summed E-state index contributed by atoms with van der Waals surface area (Å²) in [5.41, 5.74) is 11.5. The van der Waals surface area contributed by atoms with Crippen molar-refractivity contribution in [2.75, 3.05) is 5.32 Å². The largest absolute Gasteiger partial charge is 0.370 e. The van der Waals surface area contributed by atoms with Gasteiger partial charge in [0.25, 0.3) is 0 Å². The molecule has 0 aromatic heterocycles. The summed E-state index contributed by atoms with van der Waals surface area (Å²) in [5, 5.41) is 2.93. The molecule has 15 heavy (non-hydrogen) atoms. The van der Waals surface area contributed by atoms with E-state index < -0.39 is 6.03 Å². The number of benzene rings is 1. The SMILES string of the molecule is Cc1cccc(Cl)c1NC(=O)N=C(N)N. The minimum absolute atomic E-state index is 0.294. The zero-order valence-corrected chi connectivity index (χ0v) is 8.88. The average molecular weight is 227 g/mol. The maximum Gasteiger partial charge on any atom is 0.348 e. The Hall–Kier alpha value is -1.75. The second-order valence-corrected chi connectivity index (χ2v) is 3.31. The number of hydrogen-bond donors (Lipinski definition) is 3. The highest BCUT2D eigenvalue weighted by Crippen LogP contribution is 2.25. The standard InChI is InChI=1S/C9H11ClN4O/c1-5-3-2-4-6(10)7(5)13-9(15)14-8(11)12/h2-4H,1H3,(H5,11,12,13,14,15). The number of aryl methyl sites for hydroxylation is 1. The lowest BCUT2D eigenvalue weighted by molar-refractivity contribution is 0.259. The van der Waals surface area contributed by atoms with Crippen LogP contribution in [-0.2, 0) is 0 Å². The lowest BCUT2D eigenvalue weighted by Gasteiger charge is -2.07. The minimum atomic E-state index is -0.647. The second kappa shape index (κ2) is 4.65. The van der Waals surface area contributed by atoms with Gasteiger partial charge >= 0.3 is 6.03 Å². The highest BCUT2D eigenvalue weighted by molar-refractivity contribution is 6.33. The van der Waals surface area contributed by atoms with E-state index in [1.807, 2.05) is 13.0 Å². The molecule has 6 heteroatoms. The molecular formula is C9H11ClN4O. The number of hydrogen-bond acceptors (Lipinski definition) is 1. The Morgan fingerprint density at radius 2 is 2.13 bits per heavy atom. The number of nitrogens with zero attached hydrogens (tertiary/aromatic N) is 1. The van der Waals surface area contributed by atoms with E-state index in [1.165, 1.54) is 0 Å². The van der Waals surface area contributed by atoms with Crippen molar-refractivity contribution in [1.29, 1.82) is 0 Å². The van der Waals surface area contributed by atoms with E-state index in [-0.39, 0.29) is 5.96 Å². The second-order valence-electron chi connectivity index (χ2n) is 2.90. The van der Waals surface area contributed by atoms with Crippen molar-refractivity contribution in [3.63, 3.8) is 0 Å². The normalized spacial score (nSPS) is 9.47. The fraction of sp³-hybridized carbons (Fsp3) is 0.111. The third kappa shape index (κ3) is 3.14. The summed E-state index contributed by atoms with van der Waals surface area (Å²) in [6.07, 6.45) is 0. The van der Waals surface area contributed by atoms with E-state index in [2.05, 4.69) is 10.3 Å². The van der Waals surface area contributed by atoms with E-state index in [0.717, 1.165) is 5.56 Å². The molecule has 0 bridgehead atoms. The number of nitrogens with one attached hydrogen (secondary N) is 1. The van der Waals surface area contributed by atoms with Crippen molar-refractivity contribution in [2.45, 2.75) is 6.92 Å². The van der Waals surface area contributed by atoms with Gasteiger partial charge in [-0.2, -0.15) is 4.99 Å². The fourth-order valence-corrected chi connectivity index (χ4v) is 1.31. The molecular weight excluding hydrogens is 216 g/mol. The van der Waals surface area contributed by atoms with Crippen molar-refractivity contribution < 1.29 is 4.79 Å². The molecule has 1 aromatic carbocycles. The number of anilines is 1. The average Bonchev–Trinajstić information content (AvgIpc) is 2.10. The Morgan fingerprint density at radius 1 is 1.47 bits per heavy atom. The van der Waals surface area contributed by atoms with Crippen LogP contribution in [0.5, 0.6) is 0 Å². The molecule has 0 saturated heterocycles. The molecule has 80 valence electrons. The maximum absolute atomic E-state index is 11.2. The first-order valence-corrected chi connectivity index (χ1v) is 4.54. The quantitative estimate of drug-likeness (QED) is 0.500. The number of urea groups is 1. The van der Waals surface area contributed by atoms with Gasteiger partial charge < -0.3 is 16.8 Å². The van der Waals surface area contributed by atoms with Crippen molar-refractivity contribution in [3.05, 3.63) is 28.8 Å². The number of rotatable bonds is 1. The number of guanidine groups is 1. The summed E-state index contributed by atoms with van der Waals surface area (Å²) < 4.78 is 0. The minimum Gasteiger partial charge on any atom is -0.370 e. The Morgan fingerprint density at radius 3 is 2.67 bits per heavy atom. The zero-order chi connectivity index (χ0) is 11.4. The summed E-state index contributed by atoms with van der Waals surface area (Å²) in [6, 6.07) is 4.62. The van der Waals surface area contributed by atoms with Gasteiger partial charge in [-0.1, -0.05) is 23.7 Å². The monoisotopic (exact) mass is 226 g/mol. The number of amides is 2. The lowest BCUT2D eigenvalue weighted by atomic mass is 10.2. The molecule has 5 N–H and O–H groups in total. The van der Waals surface area contributed by atoms with Gasteiger partial charge in [0.05, 0.1) is 10.7 Å². The molecule has 0 unspecified atom stereocenters. The summed E-state index contributed by atoms with van der Waals surface area (Å²) in [6.45, 7) is 1.82. The first kappa shape index (κ1) is 11.3. The van der Waals surface area contributed by atoms with Gasteiger partial charge in [-0.15, -0.1) is 0 Å². The molecule has 1 rings (SSSR count). The predicted molar refractivity (Wildman–Crippen MR) is 61.0 cm³/mol. The molecule has 0 aliphatic heterocycles. The molecule has 5 nitrogen and oxygen atoms in total. The molecule has 0 atom stereocenters. The highest BCUT2D eigenvalue weighted by atomic mass is 35.5. The molecule has 0 radical (unpaired) electrons. The zero-order valence-electron chi connectivity index (χ0n) is 8.12. The van der Waals surface area contributed by atoms with Gasteiger partial charge in [0, 0.05) is 0 Å². The number of para-hydroxylation sites is 1. The van der Waals surface area contributed by atoms with Crippen LogP contribution in [0.2, 0.25) is 5.02 Å². The van der Waals surface area contributed by atoms with Gasteiger partial charge in [-0.05, 0) is 18.6 Å². The third-order valence-corrected chi connectivity index (χ3v) is 2.00. The molecule has 2 amide bonds. The molecule has 0 aliphatic rings. The Labute approximate surface area is 92.1 Å². The number of aliphatic imine (C=N–C) groups is 1. The van der Waals surface area contributed by atoms with Crippen LogP contribution in [0.3, 0.4) is 0 Å². The molecule has 0 spiro atoms. The summed E-state index contributed by atoms with van der Waals surface area (Å²) in [7, 11) is 0. The van der Waals surface area contributed by atoms with Crippen LogP contribution in [0.1, 0.15) is 5.56 Å². The number of nitrogens with two attached hydrogens (primary N) is 2. The smallest absolute Gasteiger partial charge is 0.348 e. The van der Waals surface area contributed by atoms with Crippen LogP contribution in [0, 0.1) is 6.92 Å². The molecule has 1 aromatic rings. The van der Waals surface area contributed by atoms with Crippen LogP contribution < -0.4 is 16.8 Å². The first-order chi connectivity index (χ1) is 7.00. The summed E-state index contributed by atoms with van der Waals surface area (Å²) in [4.78, 5) is 14.5. The Bertz CT molecular complexity index is 392. The lowest BCUT2D eigenvalue weighted by Crippen LogP contribution is -2.25. The van der Waals surface area contributed by atoms with E-state index >= 15 is 0 Å². The fourth-order valence-electron chi connectivity index (χ4n) is 1.04. The van der Waals surface area contributed by atoms with Gasteiger partial charge in [0.15, 0.2) is 5.96 Å². The molecule has 0 fully saturated rings. The van der Waals surface area contributed by atoms with Gasteiger partial charge in [0.2, 0.25) is 0 Å². The van der Waals surface area contributed by atoms with Crippen LogP contribution in [0.4, 0.5) is 10.5 Å². The predicted octanol–water partition coefficient (Wildman–Crippen LogP) is 1.45. The highest BCUT2D eigenvalue weighted by Gasteiger charge is 2.06. The van der Waals surface area contributed by atoms with Crippen LogP contribution in [0.15, 0.2) is 23.2 Å². The molecule has 0 aliphatic carbocycles.